The first-order valence-electron chi connectivity index (χ1n) is 14.7. The van der Waals surface area contributed by atoms with E-state index in [9.17, 15) is 4.79 Å². The van der Waals surface area contributed by atoms with Crippen molar-refractivity contribution in [3.05, 3.63) is 97.0 Å². The highest BCUT2D eigenvalue weighted by Gasteiger charge is 2.26. The Labute approximate surface area is 250 Å². The summed E-state index contributed by atoms with van der Waals surface area (Å²) in [6.45, 7) is 6.10. The molecule has 2 saturated heterocycles. The molecule has 2 aromatic heterocycles. The second-order valence-corrected chi connectivity index (χ2v) is 10.8. The average molecular weight is 575 g/mol. The molecule has 2 fully saturated rings. The van der Waals surface area contributed by atoms with Crippen molar-refractivity contribution in [1.82, 2.24) is 24.6 Å². The molecular formula is C33H34N8O2. The molecule has 2 aliphatic rings. The number of benzene rings is 3. The molecule has 0 aliphatic carbocycles. The lowest BCUT2D eigenvalue weighted by atomic mass is 10.1. The first kappa shape index (κ1) is 26.8. The first-order chi connectivity index (χ1) is 21.2. The van der Waals surface area contributed by atoms with Gasteiger partial charge in [-0.3, -0.25) is 4.79 Å². The van der Waals surface area contributed by atoms with Gasteiger partial charge in [0.2, 0.25) is 0 Å². The number of para-hydroxylation sites is 2. The van der Waals surface area contributed by atoms with Crippen LogP contribution in [-0.4, -0.2) is 90.0 Å². The molecule has 5 aromatic rings. The van der Waals surface area contributed by atoms with Crippen LogP contribution in [0.25, 0.3) is 16.7 Å². The van der Waals surface area contributed by atoms with Crippen LogP contribution in [0.4, 0.5) is 17.2 Å². The molecule has 218 valence electrons. The minimum Gasteiger partial charge on any atom is -0.495 e. The van der Waals surface area contributed by atoms with Crippen LogP contribution in [0.3, 0.4) is 0 Å². The average Bonchev–Trinajstić information content (AvgIpc) is 3.53. The Kier molecular flexibility index (Phi) is 7.24. The monoisotopic (exact) mass is 574 g/mol. The van der Waals surface area contributed by atoms with Gasteiger partial charge >= 0.3 is 0 Å². The standard InChI is InChI=1S/C33H34N8O2/c1-43-30-13-12-25(33(42)40-20-14-37(15-21-40)26-8-4-2-5-9-26)22-29(30)38-16-18-39(19-17-38)31-28-23-36-41(32(28)35-24-34-31)27-10-6-3-7-11-27/h2-13,22-24H,14-21H2,1H3. The summed E-state index contributed by atoms with van der Waals surface area (Å²) in [7, 11) is 1.68. The number of rotatable bonds is 6. The number of hydrogen-bond donors (Lipinski definition) is 0. The fourth-order valence-electron chi connectivity index (χ4n) is 6.06. The van der Waals surface area contributed by atoms with E-state index in [0.29, 0.717) is 18.7 Å². The van der Waals surface area contributed by atoms with Crippen molar-refractivity contribution in [2.24, 2.45) is 0 Å². The van der Waals surface area contributed by atoms with Gasteiger partial charge in [0.15, 0.2) is 5.65 Å². The largest absolute Gasteiger partial charge is 0.495 e. The van der Waals surface area contributed by atoms with E-state index in [1.807, 2.05) is 70.4 Å². The summed E-state index contributed by atoms with van der Waals surface area (Å²) in [6.07, 6.45) is 3.46. The molecule has 10 heteroatoms. The molecule has 10 nitrogen and oxygen atoms in total. The number of fused-ring (bicyclic) bond motifs is 1. The van der Waals surface area contributed by atoms with Gasteiger partial charge in [-0.15, -0.1) is 0 Å². The minimum absolute atomic E-state index is 0.0639. The van der Waals surface area contributed by atoms with Crippen molar-refractivity contribution in [3.63, 3.8) is 0 Å². The van der Waals surface area contributed by atoms with Gasteiger partial charge in [-0.1, -0.05) is 36.4 Å². The van der Waals surface area contributed by atoms with E-state index in [0.717, 1.165) is 73.2 Å². The Balaban J connectivity index is 1.05. The van der Waals surface area contributed by atoms with Crippen molar-refractivity contribution in [1.29, 1.82) is 0 Å². The zero-order chi connectivity index (χ0) is 29.2. The molecule has 7 rings (SSSR count). The highest BCUT2D eigenvalue weighted by Crippen LogP contribution is 2.32. The maximum atomic E-state index is 13.6. The third kappa shape index (κ3) is 5.20. The maximum Gasteiger partial charge on any atom is 0.254 e. The number of amides is 1. The van der Waals surface area contributed by atoms with Crippen molar-refractivity contribution >= 4 is 34.1 Å². The zero-order valence-electron chi connectivity index (χ0n) is 24.2. The Morgan fingerprint density at radius 3 is 2.07 bits per heavy atom. The normalized spacial score (nSPS) is 15.7. The molecule has 0 bridgehead atoms. The van der Waals surface area contributed by atoms with Crippen LogP contribution >= 0.6 is 0 Å². The van der Waals surface area contributed by atoms with Gasteiger partial charge < -0.3 is 24.3 Å². The summed E-state index contributed by atoms with van der Waals surface area (Å²) in [5.41, 5.74) is 4.59. The van der Waals surface area contributed by atoms with E-state index < -0.39 is 0 Å². The number of piperazine rings is 2. The highest BCUT2D eigenvalue weighted by atomic mass is 16.5. The lowest BCUT2D eigenvalue weighted by molar-refractivity contribution is 0.0747. The number of methoxy groups -OCH3 is 1. The van der Waals surface area contributed by atoms with Gasteiger partial charge in [0.25, 0.3) is 5.91 Å². The van der Waals surface area contributed by atoms with Gasteiger partial charge in [-0.2, -0.15) is 5.10 Å². The topological polar surface area (TPSA) is 82.9 Å². The molecule has 1 amide bonds. The molecule has 0 spiro atoms. The minimum atomic E-state index is 0.0639. The van der Waals surface area contributed by atoms with Gasteiger partial charge in [-0.05, 0) is 42.5 Å². The van der Waals surface area contributed by atoms with Crippen LogP contribution < -0.4 is 19.4 Å². The Bertz CT molecular complexity index is 1710. The Hall–Kier alpha value is -5.12. The summed E-state index contributed by atoms with van der Waals surface area (Å²) in [6, 6.07) is 26.2. The molecule has 43 heavy (non-hydrogen) atoms. The van der Waals surface area contributed by atoms with Crippen molar-refractivity contribution in [2.75, 3.05) is 74.2 Å². The predicted octanol–water partition coefficient (Wildman–Crippen LogP) is 4.11. The van der Waals surface area contributed by atoms with E-state index in [4.69, 9.17) is 4.74 Å². The fraction of sp³-hybridized carbons (Fsp3) is 0.273. The molecule has 2 aliphatic heterocycles. The van der Waals surface area contributed by atoms with Gasteiger partial charge in [-0.25, -0.2) is 14.6 Å². The summed E-state index contributed by atoms with van der Waals surface area (Å²) in [5, 5.41) is 5.54. The molecule has 3 aromatic carbocycles. The van der Waals surface area contributed by atoms with E-state index >= 15 is 0 Å². The summed E-state index contributed by atoms with van der Waals surface area (Å²) in [5.74, 6) is 1.72. The number of carbonyl (C=O) groups is 1. The van der Waals surface area contributed by atoms with Gasteiger partial charge in [0.1, 0.15) is 17.9 Å². The van der Waals surface area contributed by atoms with Crippen LogP contribution in [0.2, 0.25) is 0 Å². The molecule has 0 unspecified atom stereocenters. The SMILES string of the molecule is COc1ccc(C(=O)N2CCN(c3ccccc3)CC2)cc1N1CCN(c2ncnc3c2cnn3-c2ccccc2)CC1. The molecule has 0 atom stereocenters. The lowest BCUT2D eigenvalue weighted by Crippen LogP contribution is -2.49. The van der Waals surface area contributed by atoms with Gasteiger partial charge in [0, 0.05) is 63.6 Å². The fourth-order valence-corrected chi connectivity index (χ4v) is 6.06. The molecular weight excluding hydrogens is 540 g/mol. The molecule has 0 radical (unpaired) electrons. The number of hydrogen-bond acceptors (Lipinski definition) is 8. The van der Waals surface area contributed by atoms with E-state index in [2.05, 4.69) is 54.0 Å². The molecule has 4 heterocycles. The van der Waals surface area contributed by atoms with Crippen LogP contribution in [0, 0.1) is 0 Å². The lowest BCUT2D eigenvalue weighted by Gasteiger charge is -2.38. The number of anilines is 3. The van der Waals surface area contributed by atoms with E-state index in [1.165, 1.54) is 5.69 Å². The van der Waals surface area contributed by atoms with Crippen molar-refractivity contribution in [3.8, 4) is 11.4 Å². The van der Waals surface area contributed by atoms with Crippen LogP contribution in [0.1, 0.15) is 10.4 Å². The summed E-state index contributed by atoms with van der Waals surface area (Å²) < 4.78 is 7.59. The number of ether oxygens (including phenoxy) is 1. The summed E-state index contributed by atoms with van der Waals surface area (Å²) in [4.78, 5) is 31.6. The van der Waals surface area contributed by atoms with Gasteiger partial charge in [0.05, 0.1) is 30.1 Å². The first-order valence-corrected chi connectivity index (χ1v) is 14.7. The van der Waals surface area contributed by atoms with E-state index in [-0.39, 0.29) is 5.91 Å². The smallest absolute Gasteiger partial charge is 0.254 e. The summed E-state index contributed by atoms with van der Waals surface area (Å²) >= 11 is 0. The molecule has 0 N–H and O–H groups in total. The Morgan fingerprint density at radius 1 is 0.721 bits per heavy atom. The number of nitrogens with zero attached hydrogens (tertiary/aromatic N) is 8. The zero-order valence-corrected chi connectivity index (χ0v) is 24.2. The van der Waals surface area contributed by atoms with Crippen molar-refractivity contribution < 1.29 is 9.53 Å². The molecule has 0 saturated carbocycles. The number of carbonyl (C=O) groups excluding carboxylic acids is 1. The van der Waals surface area contributed by atoms with E-state index in [1.54, 1.807) is 13.4 Å². The Morgan fingerprint density at radius 2 is 1.37 bits per heavy atom. The second-order valence-electron chi connectivity index (χ2n) is 10.8. The third-order valence-electron chi connectivity index (χ3n) is 8.38. The highest BCUT2D eigenvalue weighted by molar-refractivity contribution is 5.96. The number of aromatic nitrogens is 4. The van der Waals surface area contributed by atoms with Crippen LogP contribution in [-0.2, 0) is 0 Å². The van der Waals surface area contributed by atoms with Crippen LogP contribution in [0.15, 0.2) is 91.4 Å². The maximum absolute atomic E-state index is 13.6. The quantitative estimate of drug-likeness (QED) is 0.300. The third-order valence-corrected chi connectivity index (χ3v) is 8.38. The second kappa shape index (κ2) is 11.6. The predicted molar refractivity (Wildman–Crippen MR) is 169 cm³/mol. The van der Waals surface area contributed by atoms with Crippen LogP contribution in [0.5, 0.6) is 5.75 Å². The van der Waals surface area contributed by atoms with Crippen molar-refractivity contribution in [2.45, 2.75) is 0 Å².